The second-order valence-corrected chi connectivity index (χ2v) is 16.0. The van der Waals surface area contributed by atoms with E-state index >= 15 is 0 Å². The largest absolute Gasteiger partial charge is 0.490 e. The topological polar surface area (TPSA) is 115 Å². The zero-order valence-electron chi connectivity index (χ0n) is 27.9. The standard InChI is InChI=1S/C34H40Cl4N2O8/c1-19-14-25(35)27(15-20(19)2)46-13-12-45-23-10-8-21(9-11-23)24-16-22-17-39(30(43)47-32(3,4)5)18-26(28(24)29(41)42)40(22)31(44)48-33(6,7)34(36,37)38/h8-11,14-15,22,26H,12-13,16-18H2,1-7H3,(H,41,42). The Hall–Kier alpha value is -3.05. The van der Waals surface area contributed by atoms with Crippen molar-refractivity contribution < 1.29 is 38.4 Å². The number of alkyl halides is 3. The van der Waals surface area contributed by atoms with Gasteiger partial charge in [-0.05, 0) is 101 Å². The van der Waals surface area contributed by atoms with Crippen molar-refractivity contribution in [3.05, 3.63) is 63.7 Å². The van der Waals surface area contributed by atoms with Crippen LogP contribution in [0.15, 0.2) is 42.0 Å². The zero-order chi connectivity index (χ0) is 35.8. The molecule has 0 saturated carbocycles. The van der Waals surface area contributed by atoms with Crippen molar-refractivity contribution in [2.75, 3.05) is 26.3 Å². The van der Waals surface area contributed by atoms with Gasteiger partial charge < -0.3 is 29.0 Å². The highest BCUT2D eigenvalue weighted by atomic mass is 35.6. The second kappa shape index (κ2) is 14.4. The van der Waals surface area contributed by atoms with E-state index in [1.54, 1.807) is 45.0 Å². The minimum Gasteiger partial charge on any atom is -0.490 e. The first-order valence-corrected chi connectivity index (χ1v) is 16.8. The van der Waals surface area contributed by atoms with Gasteiger partial charge in [0.25, 0.3) is 0 Å². The summed E-state index contributed by atoms with van der Waals surface area (Å²) in [6.45, 7) is 12.5. The van der Waals surface area contributed by atoms with Gasteiger partial charge in [0.05, 0.1) is 22.7 Å². The highest BCUT2D eigenvalue weighted by Gasteiger charge is 2.51. The predicted octanol–water partition coefficient (Wildman–Crippen LogP) is 8.23. The molecule has 0 spiro atoms. The molecule has 2 bridgehead atoms. The van der Waals surface area contributed by atoms with Crippen LogP contribution in [0, 0.1) is 13.8 Å². The predicted molar refractivity (Wildman–Crippen MR) is 186 cm³/mol. The minimum atomic E-state index is -1.96. The Bertz CT molecular complexity index is 1580. The lowest BCUT2D eigenvalue weighted by Gasteiger charge is -2.50. The molecule has 262 valence electrons. The van der Waals surface area contributed by atoms with Gasteiger partial charge in [-0.25, -0.2) is 14.4 Å². The summed E-state index contributed by atoms with van der Waals surface area (Å²) >= 11 is 24.5. The first-order chi connectivity index (χ1) is 22.2. The van der Waals surface area contributed by atoms with Crippen LogP contribution < -0.4 is 9.47 Å². The van der Waals surface area contributed by atoms with Gasteiger partial charge in [-0.15, -0.1) is 0 Å². The van der Waals surface area contributed by atoms with Crippen LogP contribution in [0.1, 0.15) is 57.7 Å². The van der Waals surface area contributed by atoms with Gasteiger partial charge in [-0.2, -0.15) is 0 Å². The maximum absolute atomic E-state index is 13.6. The lowest BCUT2D eigenvalue weighted by atomic mass is 9.82. The first kappa shape index (κ1) is 37.8. The van der Waals surface area contributed by atoms with Crippen LogP contribution in [0.25, 0.3) is 5.57 Å². The van der Waals surface area contributed by atoms with E-state index < -0.39 is 45.2 Å². The molecule has 2 aliphatic heterocycles. The van der Waals surface area contributed by atoms with Crippen LogP contribution in [0.5, 0.6) is 11.5 Å². The summed E-state index contributed by atoms with van der Waals surface area (Å²) in [6, 6.07) is 8.98. The van der Waals surface area contributed by atoms with Crippen LogP contribution in [0.3, 0.4) is 0 Å². The number of halogens is 4. The van der Waals surface area contributed by atoms with E-state index in [2.05, 4.69) is 0 Å². The summed E-state index contributed by atoms with van der Waals surface area (Å²) in [5.74, 6) is -0.119. The van der Waals surface area contributed by atoms with E-state index in [9.17, 15) is 19.5 Å². The Morgan fingerprint density at radius 1 is 0.875 bits per heavy atom. The molecular formula is C34H40Cl4N2O8. The molecule has 2 aliphatic rings. The Kier molecular flexibility index (Phi) is 11.4. The number of rotatable bonds is 8. The molecule has 48 heavy (non-hydrogen) atoms. The summed E-state index contributed by atoms with van der Waals surface area (Å²) < 4.78 is 20.9. The van der Waals surface area contributed by atoms with Crippen molar-refractivity contribution in [3.63, 3.8) is 0 Å². The van der Waals surface area contributed by atoms with Gasteiger partial charge in [0.15, 0.2) is 5.60 Å². The molecule has 10 nitrogen and oxygen atoms in total. The number of hydrogen-bond donors (Lipinski definition) is 1. The highest BCUT2D eigenvalue weighted by molar-refractivity contribution is 6.68. The van der Waals surface area contributed by atoms with Gasteiger partial charge in [-0.3, -0.25) is 4.90 Å². The SMILES string of the molecule is Cc1cc(Cl)c(OCCOc2ccc(C3=C(C(=O)O)C4CN(C(=O)OC(C)(C)C)CC(C3)N4C(=O)OC(C)(C)C(Cl)(Cl)Cl)cc2)cc1C. The molecule has 4 rings (SSSR count). The number of carboxylic acids is 1. The smallest absolute Gasteiger partial charge is 0.411 e. The summed E-state index contributed by atoms with van der Waals surface area (Å²) in [4.78, 5) is 42.4. The molecule has 0 radical (unpaired) electrons. The number of carbonyl (C=O) groups excluding carboxylic acids is 2. The Morgan fingerprint density at radius 3 is 2.06 bits per heavy atom. The lowest BCUT2D eigenvalue weighted by Crippen LogP contribution is -2.65. The molecule has 1 fully saturated rings. The molecule has 1 N–H and O–H groups in total. The van der Waals surface area contributed by atoms with Crippen molar-refractivity contribution in [3.8, 4) is 11.5 Å². The second-order valence-electron chi connectivity index (χ2n) is 13.3. The quantitative estimate of drug-likeness (QED) is 0.212. The zero-order valence-corrected chi connectivity index (χ0v) is 30.9. The Labute approximate surface area is 300 Å². The molecular weight excluding hydrogens is 706 g/mol. The third kappa shape index (κ3) is 8.75. The van der Waals surface area contributed by atoms with Gasteiger partial charge in [0.1, 0.15) is 30.3 Å². The maximum atomic E-state index is 13.6. The number of hydrogen-bond acceptors (Lipinski definition) is 7. The van der Waals surface area contributed by atoms with Crippen LogP contribution in [0.4, 0.5) is 9.59 Å². The monoisotopic (exact) mass is 744 g/mol. The average Bonchev–Trinajstić information content (AvgIpc) is 2.95. The minimum absolute atomic E-state index is 0.0597. The molecule has 0 aromatic heterocycles. The number of amides is 2. The van der Waals surface area contributed by atoms with E-state index in [1.807, 2.05) is 26.0 Å². The Balaban J connectivity index is 1.58. The lowest BCUT2D eigenvalue weighted by molar-refractivity contribution is -0.134. The number of nitrogens with zero attached hydrogens (tertiary/aromatic N) is 2. The van der Waals surface area contributed by atoms with Crippen LogP contribution in [0.2, 0.25) is 5.02 Å². The number of aryl methyl sites for hydroxylation is 2. The van der Waals surface area contributed by atoms with Gasteiger partial charge >= 0.3 is 18.2 Å². The fourth-order valence-corrected chi connectivity index (χ4v) is 5.85. The van der Waals surface area contributed by atoms with Crippen LogP contribution in [-0.4, -0.2) is 86.4 Å². The number of piperazine rings is 1. The van der Waals surface area contributed by atoms with E-state index in [0.29, 0.717) is 27.7 Å². The molecule has 2 unspecified atom stereocenters. The number of fused-ring (bicyclic) bond motifs is 2. The Morgan fingerprint density at radius 2 is 1.48 bits per heavy atom. The van der Waals surface area contributed by atoms with Crippen molar-refractivity contribution >= 4 is 70.1 Å². The van der Waals surface area contributed by atoms with Gasteiger partial charge in [0, 0.05) is 13.1 Å². The summed E-state index contributed by atoms with van der Waals surface area (Å²) in [5, 5.41) is 11.0. The third-order valence-electron chi connectivity index (χ3n) is 8.13. The van der Waals surface area contributed by atoms with Crippen molar-refractivity contribution in [1.82, 2.24) is 9.80 Å². The third-order valence-corrected chi connectivity index (χ3v) is 9.79. The molecule has 2 amide bonds. The number of ether oxygens (including phenoxy) is 4. The van der Waals surface area contributed by atoms with Crippen LogP contribution in [-0.2, 0) is 14.3 Å². The maximum Gasteiger partial charge on any atom is 0.411 e. The normalized spacial score (nSPS) is 18.4. The van der Waals surface area contributed by atoms with E-state index in [0.717, 1.165) is 11.1 Å². The summed E-state index contributed by atoms with van der Waals surface area (Å²) in [5.41, 5.74) is 0.901. The molecule has 0 aliphatic carbocycles. The van der Waals surface area contributed by atoms with Gasteiger partial charge in [0.2, 0.25) is 3.79 Å². The molecule has 2 aromatic carbocycles. The first-order valence-electron chi connectivity index (χ1n) is 15.3. The summed E-state index contributed by atoms with van der Waals surface area (Å²) in [7, 11) is 0. The highest BCUT2D eigenvalue weighted by Crippen LogP contribution is 2.43. The number of carbonyl (C=O) groups is 3. The summed E-state index contributed by atoms with van der Waals surface area (Å²) in [6.07, 6.45) is -1.38. The van der Waals surface area contributed by atoms with E-state index in [1.165, 1.54) is 23.6 Å². The van der Waals surface area contributed by atoms with Crippen molar-refractivity contribution in [1.29, 1.82) is 0 Å². The fourth-order valence-electron chi connectivity index (χ4n) is 5.46. The van der Waals surface area contributed by atoms with Crippen LogP contribution >= 0.6 is 46.4 Å². The fraction of sp³-hybridized carbons (Fsp3) is 0.500. The molecule has 14 heteroatoms. The van der Waals surface area contributed by atoms with Crippen molar-refractivity contribution in [2.24, 2.45) is 0 Å². The number of carboxylic acid groups (broad SMARTS) is 1. The van der Waals surface area contributed by atoms with E-state index in [-0.39, 0.29) is 38.3 Å². The van der Waals surface area contributed by atoms with E-state index in [4.69, 9.17) is 65.4 Å². The van der Waals surface area contributed by atoms with Crippen molar-refractivity contribution in [2.45, 2.75) is 82.0 Å². The average molecular weight is 747 g/mol. The number of benzene rings is 2. The molecule has 1 saturated heterocycles. The molecule has 2 heterocycles. The molecule has 2 aromatic rings. The van der Waals surface area contributed by atoms with Gasteiger partial charge in [-0.1, -0.05) is 58.5 Å². The number of aliphatic carboxylic acids is 1. The molecule has 2 atom stereocenters.